The Labute approximate surface area is 162 Å². The van der Waals surface area contributed by atoms with Gasteiger partial charge in [-0.15, -0.1) is 0 Å². The normalized spacial score (nSPS) is 11.3. The van der Waals surface area contributed by atoms with E-state index >= 15 is 0 Å². The number of carbonyl (C=O) groups is 1. The van der Waals surface area contributed by atoms with Crippen LogP contribution < -0.4 is 15.4 Å². The third kappa shape index (κ3) is 5.79. The first-order chi connectivity index (χ1) is 12.2. The van der Waals surface area contributed by atoms with Crippen LogP contribution in [0.5, 0.6) is 0 Å². The molecule has 0 saturated heterocycles. The van der Waals surface area contributed by atoms with Crippen molar-refractivity contribution in [1.82, 2.24) is 5.32 Å². The summed E-state index contributed by atoms with van der Waals surface area (Å²) in [5.41, 5.74) is 0.667. The van der Waals surface area contributed by atoms with E-state index in [0.717, 1.165) is 0 Å². The Kier molecular flexibility index (Phi) is 6.75. The summed E-state index contributed by atoms with van der Waals surface area (Å²) in [6.07, 6.45) is 0. The quantitative estimate of drug-likeness (QED) is 0.645. The van der Waals surface area contributed by atoms with Gasteiger partial charge >= 0.3 is 6.03 Å². The number of anilines is 2. The molecule has 6 nitrogen and oxygen atoms in total. The van der Waals surface area contributed by atoms with Crippen molar-refractivity contribution >= 4 is 50.6 Å². The number of urea groups is 1. The summed E-state index contributed by atoms with van der Waals surface area (Å²) in [4.78, 5) is 11.8. The molecular formula is C17H19Cl2N3O3S. The highest BCUT2D eigenvalue weighted by Crippen LogP contribution is 2.28. The zero-order valence-corrected chi connectivity index (χ0v) is 16.5. The van der Waals surface area contributed by atoms with Crippen LogP contribution in [0.4, 0.5) is 16.2 Å². The van der Waals surface area contributed by atoms with Gasteiger partial charge in [-0.3, -0.25) is 4.72 Å². The Hall–Kier alpha value is -1.96. The van der Waals surface area contributed by atoms with Gasteiger partial charge in [-0.25, -0.2) is 13.2 Å². The lowest BCUT2D eigenvalue weighted by atomic mass is 10.2. The van der Waals surface area contributed by atoms with Gasteiger partial charge in [0, 0.05) is 17.3 Å². The number of hydrogen-bond donors (Lipinski definition) is 3. The fourth-order valence-electron chi connectivity index (χ4n) is 1.97. The lowest BCUT2D eigenvalue weighted by Gasteiger charge is -2.12. The van der Waals surface area contributed by atoms with Crippen LogP contribution in [0.2, 0.25) is 10.0 Å². The first-order valence-corrected chi connectivity index (χ1v) is 10.0. The van der Waals surface area contributed by atoms with E-state index in [1.165, 1.54) is 36.4 Å². The minimum absolute atomic E-state index is 0.0293. The highest BCUT2D eigenvalue weighted by Gasteiger charge is 2.16. The van der Waals surface area contributed by atoms with Crippen LogP contribution in [0.25, 0.3) is 0 Å². The van der Waals surface area contributed by atoms with E-state index in [0.29, 0.717) is 23.2 Å². The second kappa shape index (κ2) is 8.62. The van der Waals surface area contributed by atoms with Crippen LogP contribution in [0.3, 0.4) is 0 Å². The average Bonchev–Trinajstić information content (AvgIpc) is 2.56. The van der Waals surface area contributed by atoms with Gasteiger partial charge in [0.05, 0.1) is 15.6 Å². The topological polar surface area (TPSA) is 87.3 Å². The fraction of sp³-hybridized carbons (Fsp3) is 0.235. The number of carbonyl (C=O) groups excluding carboxylic acids is 1. The molecule has 0 aliphatic heterocycles. The molecule has 2 amide bonds. The molecule has 0 spiro atoms. The number of benzene rings is 2. The molecule has 0 aliphatic carbocycles. The lowest BCUT2D eigenvalue weighted by molar-refractivity contribution is 0.251. The molecular weight excluding hydrogens is 397 g/mol. The predicted octanol–water partition coefficient (Wildman–Crippen LogP) is 4.57. The highest BCUT2D eigenvalue weighted by atomic mass is 35.5. The lowest BCUT2D eigenvalue weighted by Crippen LogP contribution is -2.31. The van der Waals surface area contributed by atoms with Gasteiger partial charge in [0.2, 0.25) is 0 Å². The third-order valence-electron chi connectivity index (χ3n) is 3.27. The molecule has 2 rings (SSSR count). The molecule has 0 aromatic heterocycles. The Morgan fingerprint density at radius 3 is 2.35 bits per heavy atom. The summed E-state index contributed by atoms with van der Waals surface area (Å²) in [5, 5.41) is 5.94. The zero-order valence-electron chi connectivity index (χ0n) is 14.2. The van der Waals surface area contributed by atoms with Gasteiger partial charge < -0.3 is 10.6 Å². The molecule has 0 radical (unpaired) electrons. The average molecular weight is 416 g/mol. The van der Waals surface area contributed by atoms with E-state index in [1.54, 1.807) is 6.07 Å². The molecule has 0 unspecified atom stereocenters. The number of halogens is 2. The molecule has 0 bridgehead atoms. The molecule has 0 atom stereocenters. The summed E-state index contributed by atoms with van der Waals surface area (Å²) < 4.78 is 27.3. The highest BCUT2D eigenvalue weighted by molar-refractivity contribution is 7.92. The Bertz CT molecular complexity index is 885. The molecule has 0 fully saturated rings. The summed E-state index contributed by atoms with van der Waals surface area (Å²) >= 11 is 11.9. The molecule has 2 aromatic rings. The van der Waals surface area contributed by atoms with E-state index in [4.69, 9.17) is 23.2 Å². The van der Waals surface area contributed by atoms with Gasteiger partial charge in [-0.05, 0) is 48.4 Å². The van der Waals surface area contributed by atoms with Crippen LogP contribution in [-0.4, -0.2) is 21.0 Å². The molecule has 3 N–H and O–H groups in total. The van der Waals surface area contributed by atoms with Crippen LogP contribution in [-0.2, 0) is 10.0 Å². The Morgan fingerprint density at radius 1 is 1.08 bits per heavy atom. The number of sulfonamides is 1. The SMILES string of the molecule is CC(C)CNC(=O)Nc1ccc(S(=O)(=O)Nc2cc(Cl)ccc2Cl)cc1. The van der Waals surface area contributed by atoms with Crippen molar-refractivity contribution in [3.63, 3.8) is 0 Å². The Morgan fingerprint density at radius 2 is 1.73 bits per heavy atom. The van der Waals surface area contributed by atoms with Crippen molar-refractivity contribution in [2.45, 2.75) is 18.7 Å². The van der Waals surface area contributed by atoms with Crippen molar-refractivity contribution < 1.29 is 13.2 Å². The summed E-state index contributed by atoms with van der Waals surface area (Å²) in [6.45, 7) is 4.51. The molecule has 0 aliphatic rings. The molecule has 0 saturated carbocycles. The fourth-order valence-corrected chi connectivity index (χ4v) is 3.43. The minimum atomic E-state index is -3.84. The molecule has 9 heteroatoms. The van der Waals surface area contributed by atoms with Crippen molar-refractivity contribution in [3.05, 3.63) is 52.5 Å². The zero-order chi connectivity index (χ0) is 19.3. The van der Waals surface area contributed by atoms with Gasteiger partial charge in [-0.1, -0.05) is 37.0 Å². The smallest absolute Gasteiger partial charge is 0.319 e. The van der Waals surface area contributed by atoms with E-state index in [9.17, 15) is 13.2 Å². The van der Waals surface area contributed by atoms with Gasteiger partial charge in [0.15, 0.2) is 0 Å². The summed E-state index contributed by atoms with van der Waals surface area (Å²) in [7, 11) is -3.84. The van der Waals surface area contributed by atoms with Crippen LogP contribution in [0.1, 0.15) is 13.8 Å². The number of amides is 2. The van der Waals surface area contributed by atoms with E-state index in [-0.39, 0.29) is 21.6 Å². The number of rotatable bonds is 6. The first-order valence-electron chi connectivity index (χ1n) is 7.80. The third-order valence-corrected chi connectivity index (χ3v) is 5.21. The molecule has 0 heterocycles. The summed E-state index contributed by atoms with van der Waals surface area (Å²) in [6, 6.07) is 9.93. The van der Waals surface area contributed by atoms with Crippen molar-refractivity contribution in [2.24, 2.45) is 5.92 Å². The van der Waals surface area contributed by atoms with E-state index in [1.807, 2.05) is 13.8 Å². The standard InChI is InChI=1S/C17H19Cl2N3O3S/c1-11(2)10-20-17(23)21-13-4-6-14(7-5-13)26(24,25)22-16-9-12(18)3-8-15(16)19/h3-9,11,22H,10H2,1-2H3,(H2,20,21,23). The van der Waals surface area contributed by atoms with Gasteiger partial charge in [0.1, 0.15) is 0 Å². The van der Waals surface area contributed by atoms with Crippen LogP contribution >= 0.6 is 23.2 Å². The van der Waals surface area contributed by atoms with Crippen LogP contribution in [0.15, 0.2) is 47.4 Å². The minimum Gasteiger partial charge on any atom is -0.338 e. The predicted molar refractivity (Wildman–Crippen MR) is 106 cm³/mol. The second-order valence-corrected chi connectivity index (χ2v) is 8.51. The maximum absolute atomic E-state index is 12.5. The Balaban J connectivity index is 2.09. The molecule has 140 valence electrons. The van der Waals surface area contributed by atoms with Crippen molar-refractivity contribution in [3.8, 4) is 0 Å². The van der Waals surface area contributed by atoms with Gasteiger partial charge in [-0.2, -0.15) is 0 Å². The van der Waals surface area contributed by atoms with Crippen molar-refractivity contribution in [1.29, 1.82) is 0 Å². The van der Waals surface area contributed by atoms with Crippen LogP contribution in [0, 0.1) is 5.92 Å². The van der Waals surface area contributed by atoms with Gasteiger partial charge in [0.25, 0.3) is 10.0 Å². The number of hydrogen-bond acceptors (Lipinski definition) is 3. The molecule has 2 aromatic carbocycles. The van der Waals surface area contributed by atoms with Crippen molar-refractivity contribution in [2.75, 3.05) is 16.6 Å². The maximum Gasteiger partial charge on any atom is 0.319 e. The summed E-state index contributed by atoms with van der Waals surface area (Å²) in [5.74, 6) is 0.331. The monoisotopic (exact) mass is 415 g/mol. The maximum atomic E-state index is 12.5. The number of nitrogens with one attached hydrogen (secondary N) is 3. The first kappa shape index (κ1) is 20.4. The van der Waals surface area contributed by atoms with E-state index in [2.05, 4.69) is 15.4 Å². The second-order valence-electron chi connectivity index (χ2n) is 5.98. The molecule has 26 heavy (non-hydrogen) atoms. The van der Waals surface area contributed by atoms with E-state index < -0.39 is 10.0 Å². The largest absolute Gasteiger partial charge is 0.338 e.